The van der Waals surface area contributed by atoms with Crippen LogP contribution in [0.4, 0.5) is 0 Å². The van der Waals surface area contributed by atoms with Gasteiger partial charge in [-0.3, -0.25) is 4.79 Å². The molecule has 26 heavy (non-hydrogen) atoms. The smallest absolute Gasteiger partial charge is 0.223 e. The molecule has 0 spiro atoms. The van der Waals surface area contributed by atoms with Gasteiger partial charge in [0.05, 0.1) is 11.0 Å². The highest BCUT2D eigenvalue weighted by atomic mass is 32.2. The van der Waals surface area contributed by atoms with Gasteiger partial charge < -0.3 is 4.90 Å². The number of hydrogen-bond donors (Lipinski definition) is 0. The molecule has 2 aliphatic carbocycles. The summed E-state index contributed by atoms with van der Waals surface area (Å²) in [5, 5.41) is -0.207. The number of carbonyl (C=O) groups is 1. The summed E-state index contributed by atoms with van der Waals surface area (Å²) in [7, 11) is -1.27. The van der Waals surface area contributed by atoms with Crippen LogP contribution in [0.25, 0.3) is 0 Å². The predicted molar refractivity (Wildman–Crippen MR) is 105 cm³/mol. The fraction of sp³-hybridized carbons (Fsp3) is 0.667. The summed E-state index contributed by atoms with van der Waals surface area (Å²) in [5.41, 5.74) is 1.39. The van der Waals surface area contributed by atoms with Crippen molar-refractivity contribution in [2.75, 3.05) is 12.8 Å². The number of carbonyl (C=O) groups excluding carboxylic acids is 1. The van der Waals surface area contributed by atoms with E-state index < -0.39 is 9.84 Å². The Morgan fingerprint density at radius 2 is 1.62 bits per heavy atom. The maximum atomic E-state index is 12.5. The second kappa shape index (κ2) is 8.55. The minimum atomic E-state index is -3.11. The van der Waals surface area contributed by atoms with Crippen LogP contribution in [0.3, 0.4) is 0 Å². The third-order valence-electron chi connectivity index (χ3n) is 6.32. The molecule has 0 heterocycles. The summed E-state index contributed by atoms with van der Waals surface area (Å²) in [4.78, 5) is 14.3. The zero-order chi connectivity index (χ0) is 18.6. The topological polar surface area (TPSA) is 54.5 Å². The molecule has 1 amide bonds. The fourth-order valence-electron chi connectivity index (χ4n) is 4.55. The number of amides is 1. The standard InChI is InChI=1S/C21H31NO3S/c1-22(21(23)15-16-26(24,25)20-9-5-6-10-20)19-13-11-18(12-14-19)17-7-3-2-4-8-17/h2-4,7-8,18-20H,5-6,9-16H2,1H3. The zero-order valence-corrected chi connectivity index (χ0v) is 16.6. The van der Waals surface area contributed by atoms with Gasteiger partial charge in [0.1, 0.15) is 0 Å². The molecule has 0 N–H and O–H groups in total. The normalized spacial score (nSPS) is 24.5. The van der Waals surface area contributed by atoms with E-state index >= 15 is 0 Å². The van der Waals surface area contributed by atoms with Gasteiger partial charge in [-0.25, -0.2) is 8.42 Å². The molecule has 2 aliphatic rings. The van der Waals surface area contributed by atoms with Gasteiger partial charge in [0.15, 0.2) is 9.84 Å². The Bertz CT molecular complexity index is 687. The minimum Gasteiger partial charge on any atom is -0.343 e. The summed E-state index contributed by atoms with van der Waals surface area (Å²) in [6.07, 6.45) is 7.86. The van der Waals surface area contributed by atoms with E-state index in [9.17, 15) is 13.2 Å². The molecule has 0 bridgehead atoms. The van der Waals surface area contributed by atoms with E-state index in [1.54, 1.807) is 0 Å². The van der Waals surface area contributed by atoms with Crippen molar-refractivity contribution in [2.45, 2.75) is 75.0 Å². The highest BCUT2D eigenvalue weighted by Gasteiger charge is 2.31. The molecule has 3 rings (SSSR count). The molecule has 4 nitrogen and oxygen atoms in total. The lowest BCUT2D eigenvalue weighted by Crippen LogP contribution is -2.40. The largest absolute Gasteiger partial charge is 0.343 e. The van der Waals surface area contributed by atoms with Gasteiger partial charge in [-0.15, -0.1) is 0 Å². The van der Waals surface area contributed by atoms with Crippen molar-refractivity contribution in [3.05, 3.63) is 35.9 Å². The molecule has 144 valence electrons. The van der Waals surface area contributed by atoms with Crippen molar-refractivity contribution in [1.82, 2.24) is 4.90 Å². The highest BCUT2D eigenvalue weighted by Crippen LogP contribution is 2.34. The molecule has 0 aliphatic heterocycles. The quantitative estimate of drug-likeness (QED) is 0.755. The Balaban J connectivity index is 1.47. The van der Waals surface area contributed by atoms with Crippen molar-refractivity contribution >= 4 is 15.7 Å². The Kier molecular flexibility index (Phi) is 6.38. The summed E-state index contributed by atoms with van der Waals surface area (Å²) in [6, 6.07) is 10.8. The van der Waals surface area contributed by atoms with Gasteiger partial charge in [0.2, 0.25) is 5.91 Å². The molecule has 0 saturated heterocycles. The SMILES string of the molecule is CN(C(=O)CCS(=O)(=O)C1CCCC1)C1CCC(c2ccccc2)CC1. The second-order valence-corrected chi connectivity index (χ2v) is 10.3. The maximum Gasteiger partial charge on any atom is 0.223 e. The van der Waals surface area contributed by atoms with Crippen LogP contribution in [-0.4, -0.2) is 43.3 Å². The fourth-order valence-corrected chi connectivity index (χ4v) is 6.39. The molecule has 1 aromatic carbocycles. The van der Waals surface area contributed by atoms with Crippen LogP contribution in [0, 0.1) is 0 Å². The van der Waals surface area contributed by atoms with Gasteiger partial charge in [-0.05, 0) is 50.0 Å². The van der Waals surface area contributed by atoms with Crippen LogP contribution >= 0.6 is 0 Å². The van der Waals surface area contributed by atoms with Crippen LogP contribution < -0.4 is 0 Å². The Hall–Kier alpha value is -1.36. The monoisotopic (exact) mass is 377 g/mol. The number of hydrogen-bond acceptors (Lipinski definition) is 3. The van der Waals surface area contributed by atoms with Crippen molar-refractivity contribution in [2.24, 2.45) is 0 Å². The van der Waals surface area contributed by atoms with Gasteiger partial charge in [0, 0.05) is 19.5 Å². The lowest BCUT2D eigenvalue weighted by atomic mass is 9.81. The van der Waals surface area contributed by atoms with Crippen molar-refractivity contribution in [3.8, 4) is 0 Å². The summed E-state index contributed by atoms with van der Waals surface area (Å²) < 4.78 is 24.7. The van der Waals surface area contributed by atoms with E-state index in [2.05, 4.69) is 24.3 Å². The number of rotatable bonds is 6. The molecule has 5 heteroatoms. The average Bonchev–Trinajstić information content (AvgIpc) is 3.22. The molecule has 2 saturated carbocycles. The Morgan fingerprint density at radius 3 is 2.23 bits per heavy atom. The van der Waals surface area contributed by atoms with Gasteiger partial charge in [-0.1, -0.05) is 43.2 Å². The van der Waals surface area contributed by atoms with E-state index in [1.807, 2.05) is 18.0 Å². The van der Waals surface area contributed by atoms with Gasteiger partial charge in [0.25, 0.3) is 0 Å². The summed E-state index contributed by atoms with van der Waals surface area (Å²) >= 11 is 0. The average molecular weight is 378 g/mol. The molecule has 0 radical (unpaired) electrons. The third kappa shape index (κ3) is 4.67. The molecule has 0 aromatic heterocycles. The van der Waals surface area contributed by atoms with Crippen molar-refractivity contribution in [3.63, 3.8) is 0 Å². The van der Waals surface area contributed by atoms with E-state index in [0.29, 0.717) is 5.92 Å². The molecule has 0 atom stereocenters. The lowest BCUT2D eigenvalue weighted by molar-refractivity contribution is -0.132. The number of nitrogens with zero attached hydrogens (tertiary/aromatic N) is 1. The van der Waals surface area contributed by atoms with Crippen molar-refractivity contribution < 1.29 is 13.2 Å². The third-order valence-corrected chi connectivity index (χ3v) is 8.58. The van der Waals surface area contributed by atoms with Crippen LogP contribution in [0.5, 0.6) is 0 Å². The van der Waals surface area contributed by atoms with Gasteiger partial charge >= 0.3 is 0 Å². The van der Waals surface area contributed by atoms with Crippen LogP contribution in [0.1, 0.15) is 69.3 Å². The van der Waals surface area contributed by atoms with E-state index in [-0.39, 0.29) is 29.4 Å². The first-order valence-corrected chi connectivity index (χ1v) is 11.7. The first kappa shape index (κ1) is 19.4. The van der Waals surface area contributed by atoms with E-state index in [0.717, 1.165) is 51.4 Å². The zero-order valence-electron chi connectivity index (χ0n) is 15.8. The minimum absolute atomic E-state index is 0.0141. The number of benzene rings is 1. The van der Waals surface area contributed by atoms with Crippen molar-refractivity contribution in [1.29, 1.82) is 0 Å². The Morgan fingerprint density at radius 1 is 1.00 bits per heavy atom. The number of sulfone groups is 1. The molecular weight excluding hydrogens is 346 g/mol. The maximum absolute atomic E-state index is 12.5. The predicted octanol–water partition coefficient (Wildman–Crippen LogP) is 3.92. The molecule has 0 unspecified atom stereocenters. The van der Waals surface area contributed by atoms with E-state index in [1.165, 1.54) is 5.56 Å². The summed E-state index contributed by atoms with van der Waals surface area (Å²) in [5.74, 6) is 0.577. The second-order valence-electron chi connectivity index (χ2n) is 7.94. The first-order chi connectivity index (χ1) is 12.5. The molecule has 2 fully saturated rings. The van der Waals surface area contributed by atoms with Crippen LogP contribution in [-0.2, 0) is 14.6 Å². The van der Waals surface area contributed by atoms with Crippen LogP contribution in [0.15, 0.2) is 30.3 Å². The van der Waals surface area contributed by atoms with Gasteiger partial charge in [-0.2, -0.15) is 0 Å². The highest BCUT2D eigenvalue weighted by molar-refractivity contribution is 7.92. The van der Waals surface area contributed by atoms with E-state index in [4.69, 9.17) is 0 Å². The Labute approximate surface area is 157 Å². The van der Waals surface area contributed by atoms with Crippen LogP contribution in [0.2, 0.25) is 0 Å². The molecule has 1 aromatic rings. The summed E-state index contributed by atoms with van der Waals surface area (Å²) in [6.45, 7) is 0. The lowest BCUT2D eigenvalue weighted by Gasteiger charge is -2.35. The molecular formula is C21H31NO3S. The first-order valence-electron chi connectivity index (χ1n) is 9.99.